The van der Waals surface area contributed by atoms with Crippen LogP contribution in [0.4, 0.5) is 0 Å². The molecule has 0 atom stereocenters. The number of rotatable bonds is 3. The molecular formula is C13H24N2O. The third-order valence-corrected chi connectivity index (χ3v) is 3.98. The van der Waals surface area contributed by atoms with Gasteiger partial charge < -0.3 is 9.80 Å². The molecule has 0 radical (unpaired) electrons. The summed E-state index contributed by atoms with van der Waals surface area (Å²) in [6, 6.07) is 0. The zero-order valence-corrected chi connectivity index (χ0v) is 10.5. The van der Waals surface area contributed by atoms with Crippen molar-refractivity contribution < 1.29 is 4.79 Å². The molecule has 16 heavy (non-hydrogen) atoms. The summed E-state index contributed by atoms with van der Waals surface area (Å²) < 4.78 is 0. The molecule has 0 spiro atoms. The van der Waals surface area contributed by atoms with E-state index in [9.17, 15) is 4.79 Å². The van der Waals surface area contributed by atoms with Crippen molar-refractivity contribution in [3.05, 3.63) is 0 Å². The Labute approximate surface area is 98.8 Å². The Morgan fingerprint density at radius 2 is 1.75 bits per heavy atom. The Balaban J connectivity index is 1.70. The Morgan fingerprint density at radius 3 is 2.31 bits per heavy atom. The van der Waals surface area contributed by atoms with E-state index < -0.39 is 0 Å². The summed E-state index contributed by atoms with van der Waals surface area (Å²) in [5, 5.41) is 0. The van der Waals surface area contributed by atoms with E-state index in [2.05, 4.69) is 4.90 Å². The highest BCUT2D eigenvalue weighted by molar-refractivity contribution is 5.75. The van der Waals surface area contributed by atoms with Gasteiger partial charge in [0.15, 0.2) is 0 Å². The molecule has 3 nitrogen and oxygen atoms in total. The van der Waals surface area contributed by atoms with Crippen molar-refractivity contribution in [1.29, 1.82) is 0 Å². The molecule has 2 aliphatic rings. The molecule has 0 aromatic carbocycles. The second-order valence-electron chi connectivity index (χ2n) is 5.19. The molecule has 0 aromatic rings. The quantitative estimate of drug-likeness (QED) is 0.729. The first-order valence-electron chi connectivity index (χ1n) is 6.79. The fourth-order valence-corrected chi connectivity index (χ4v) is 2.92. The van der Waals surface area contributed by atoms with E-state index in [-0.39, 0.29) is 0 Å². The van der Waals surface area contributed by atoms with Gasteiger partial charge in [0.2, 0.25) is 5.91 Å². The molecule has 2 heterocycles. The maximum Gasteiger partial charge on any atom is 0.222 e. The van der Waals surface area contributed by atoms with Crippen molar-refractivity contribution in [2.24, 2.45) is 5.92 Å². The number of piperidine rings is 1. The molecule has 0 aliphatic carbocycles. The fraction of sp³-hybridized carbons (Fsp3) is 0.923. The topological polar surface area (TPSA) is 23.6 Å². The summed E-state index contributed by atoms with van der Waals surface area (Å²) in [5.41, 5.74) is 0. The smallest absolute Gasteiger partial charge is 0.222 e. The third-order valence-electron chi connectivity index (χ3n) is 3.98. The van der Waals surface area contributed by atoms with Gasteiger partial charge in [-0.2, -0.15) is 0 Å². The van der Waals surface area contributed by atoms with Crippen LogP contribution < -0.4 is 0 Å². The first-order valence-corrected chi connectivity index (χ1v) is 6.79. The van der Waals surface area contributed by atoms with Crippen molar-refractivity contribution in [1.82, 2.24) is 9.80 Å². The molecule has 2 aliphatic heterocycles. The predicted molar refractivity (Wildman–Crippen MR) is 65.3 cm³/mol. The van der Waals surface area contributed by atoms with E-state index >= 15 is 0 Å². The largest absolute Gasteiger partial charge is 0.343 e. The zero-order chi connectivity index (χ0) is 11.4. The minimum absolute atomic E-state index is 0.333. The molecule has 0 unspecified atom stereocenters. The Bertz CT molecular complexity index is 228. The molecule has 2 saturated heterocycles. The molecule has 0 saturated carbocycles. The van der Waals surface area contributed by atoms with E-state index in [1.165, 1.54) is 45.3 Å². The highest BCUT2D eigenvalue weighted by Gasteiger charge is 2.24. The maximum atomic E-state index is 11.5. The summed E-state index contributed by atoms with van der Waals surface area (Å²) in [7, 11) is 0. The van der Waals surface area contributed by atoms with Gasteiger partial charge in [-0.25, -0.2) is 0 Å². The van der Waals surface area contributed by atoms with E-state index in [1.54, 1.807) is 0 Å². The zero-order valence-electron chi connectivity index (χ0n) is 10.5. The van der Waals surface area contributed by atoms with Crippen LogP contribution in [0.5, 0.6) is 0 Å². The number of carbonyl (C=O) groups excluding carboxylic acids is 1. The first-order chi connectivity index (χ1) is 7.79. The highest BCUT2D eigenvalue weighted by Crippen LogP contribution is 2.20. The average molecular weight is 224 g/mol. The van der Waals surface area contributed by atoms with Crippen molar-refractivity contribution in [2.45, 2.75) is 39.0 Å². The van der Waals surface area contributed by atoms with Crippen LogP contribution >= 0.6 is 0 Å². The lowest BCUT2D eigenvalue weighted by Gasteiger charge is -2.33. The molecule has 0 aromatic heterocycles. The summed E-state index contributed by atoms with van der Waals surface area (Å²) in [6.45, 7) is 7.81. The molecule has 1 amide bonds. The van der Waals surface area contributed by atoms with Crippen LogP contribution in [0.15, 0.2) is 0 Å². The second kappa shape index (κ2) is 5.67. The summed E-state index contributed by atoms with van der Waals surface area (Å²) in [6.07, 6.45) is 5.85. The van der Waals surface area contributed by atoms with Crippen LogP contribution in [0, 0.1) is 5.92 Å². The van der Waals surface area contributed by atoms with Crippen molar-refractivity contribution in [3.8, 4) is 0 Å². The van der Waals surface area contributed by atoms with Gasteiger partial charge in [-0.15, -0.1) is 0 Å². The summed E-state index contributed by atoms with van der Waals surface area (Å²) >= 11 is 0. The number of likely N-dealkylation sites (tertiary alicyclic amines) is 2. The molecule has 3 heteroatoms. The van der Waals surface area contributed by atoms with Gasteiger partial charge in [-0.1, -0.05) is 6.92 Å². The number of carbonyl (C=O) groups is 1. The summed E-state index contributed by atoms with van der Waals surface area (Å²) in [4.78, 5) is 16.2. The molecule has 0 bridgehead atoms. The van der Waals surface area contributed by atoms with Gasteiger partial charge in [0.25, 0.3) is 0 Å². The lowest BCUT2D eigenvalue weighted by Crippen LogP contribution is -2.40. The molecule has 0 N–H and O–H groups in total. The SMILES string of the molecule is CCC(=O)N1CCC(CN2CCCC2)CC1. The Morgan fingerprint density at radius 1 is 1.12 bits per heavy atom. The Kier molecular flexibility index (Phi) is 4.22. The maximum absolute atomic E-state index is 11.5. The van der Waals surface area contributed by atoms with Gasteiger partial charge in [0.1, 0.15) is 0 Å². The molecule has 2 fully saturated rings. The second-order valence-corrected chi connectivity index (χ2v) is 5.19. The van der Waals surface area contributed by atoms with Gasteiger partial charge in [0.05, 0.1) is 0 Å². The van der Waals surface area contributed by atoms with E-state index in [4.69, 9.17) is 0 Å². The minimum Gasteiger partial charge on any atom is -0.343 e. The van der Waals surface area contributed by atoms with Crippen LogP contribution in [0.1, 0.15) is 39.0 Å². The highest BCUT2D eigenvalue weighted by atomic mass is 16.2. The number of hydrogen-bond donors (Lipinski definition) is 0. The number of hydrogen-bond acceptors (Lipinski definition) is 2. The van der Waals surface area contributed by atoms with Crippen LogP contribution in [0.25, 0.3) is 0 Å². The minimum atomic E-state index is 0.333. The van der Waals surface area contributed by atoms with Crippen LogP contribution in [-0.4, -0.2) is 48.4 Å². The predicted octanol–water partition coefficient (Wildman–Crippen LogP) is 1.73. The molecule has 2 rings (SSSR count). The number of amides is 1. The standard InChI is InChI=1S/C13H24N2O/c1-2-13(16)15-9-5-12(6-10-15)11-14-7-3-4-8-14/h12H,2-11H2,1H3. The molecular weight excluding hydrogens is 200 g/mol. The van der Waals surface area contributed by atoms with Gasteiger partial charge in [-0.05, 0) is 44.7 Å². The van der Waals surface area contributed by atoms with Crippen molar-refractivity contribution in [2.75, 3.05) is 32.7 Å². The van der Waals surface area contributed by atoms with E-state index in [0.717, 1.165) is 19.0 Å². The van der Waals surface area contributed by atoms with E-state index in [0.29, 0.717) is 12.3 Å². The monoisotopic (exact) mass is 224 g/mol. The van der Waals surface area contributed by atoms with Crippen molar-refractivity contribution in [3.63, 3.8) is 0 Å². The molecule has 92 valence electrons. The van der Waals surface area contributed by atoms with Gasteiger partial charge >= 0.3 is 0 Å². The average Bonchev–Trinajstić information content (AvgIpc) is 2.82. The van der Waals surface area contributed by atoms with Crippen LogP contribution in [0.2, 0.25) is 0 Å². The first kappa shape index (κ1) is 11.9. The van der Waals surface area contributed by atoms with Gasteiger partial charge in [-0.3, -0.25) is 4.79 Å². The van der Waals surface area contributed by atoms with Crippen molar-refractivity contribution >= 4 is 5.91 Å². The Hall–Kier alpha value is -0.570. The van der Waals surface area contributed by atoms with Crippen LogP contribution in [0.3, 0.4) is 0 Å². The fourth-order valence-electron chi connectivity index (χ4n) is 2.92. The third kappa shape index (κ3) is 2.97. The number of nitrogens with zero attached hydrogens (tertiary/aromatic N) is 2. The van der Waals surface area contributed by atoms with Gasteiger partial charge in [0, 0.05) is 26.1 Å². The lowest BCUT2D eigenvalue weighted by atomic mass is 9.96. The van der Waals surface area contributed by atoms with Crippen LogP contribution in [-0.2, 0) is 4.79 Å². The summed E-state index contributed by atoms with van der Waals surface area (Å²) in [5.74, 6) is 1.17. The lowest BCUT2D eigenvalue weighted by molar-refractivity contribution is -0.132. The normalized spacial score (nSPS) is 23.9. The van der Waals surface area contributed by atoms with E-state index in [1.807, 2.05) is 11.8 Å².